The molecule has 7 heteroatoms. The van der Waals surface area contributed by atoms with Crippen LogP contribution in [0.2, 0.25) is 5.02 Å². The van der Waals surface area contributed by atoms with E-state index in [0.717, 1.165) is 16.8 Å². The summed E-state index contributed by atoms with van der Waals surface area (Å²) < 4.78 is 13.1. The van der Waals surface area contributed by atoms with Crippen LogP contribution in [-0.4, -0.2) is 35.8 Å². The molecule has 0 fully saturated rings. The predicted molar refractivity (Wildman–Crippen MR) is 103 cm³/mol. The Bertz CT molecular complexity index is 826. The zero-order chi connectivity index (χ0) is 19.2. The van der Waals surface area contributed by atoms with Crippen LogP contribution in [0.3, 0.4) is 0 Å². The van der Waals surface area contributed by atoms with Crippen molar-refractivity contribution in [3.05, 3.63) is 70.5 Å². The minimum atomic E-state index is -0.294. The fourth-order valence-electron chi connectivity index (χ4n) is 2.90. The van der Waals surface area contributed by atoms with Gasteiger partial charge in [-0.05, 0) is 36.2 Å². The van der Waals surface area contributed by atoms with Crippen molar-refractivity contribution in [2.45, 2.75) is 26.0 Å². The molecule has 1 aliphatic heterocycles. The molecule has 5 nitrogen and oxygen atoms in total. The van der Waals surface area contributed by atoms with E-state index in [1.54, 1.807) is 23.1 Å². The number of nitrogens with one attached hydrogen (secondary N) is 1. The van der Waals surface area contributed by atoms with Crippen molar-refractivity contribution in [3.63, 3.8) is 0 Å². The van der Waals surface area contributed by atoms with Crippen molar-refractivity contribution in [1.82, 2.24) is 10.2 Å². The molecule has 2 aromatic rings. The molecule has 2 aromatic carbocycles. The first kappa shape index (κ1) is 19.2. The molecule has 0 spiro atoms. The van der Waals surface area contributed by atoms with E-state index in [9.17, 15) is 9.18 Å². The summed E-state index contributed by atoms with van der Waals surface area (Å²) in [6, 6.07) is 13.4. The van der Waals surface area contributed by atoms with Crippen LogP contribution in [0, 0.1) is 5.82 Å². The molecule has 0 saturated heterocycles. The molecule has 1 aliphatic rings. The van der Waals surface area contributed by atoms with Gasteiger partial charge in [-0.25, -0.2) is 9.18 Å². The van der Waals surface area contributed by atoms with Crippen LogP contribution in [0.1, 0.15) is 24.5 Å². The van der Waals surface area contributed by atoms with E-state index < -0.39 is 0 Å². The first-order valence-corrected chi connectivity index (χ1v) is 9.19. The number of oxime groups is 1. The number of carbonyl (C=O) groups excluding carboxylic acids is 1. The van der Waals surface area contributed by atoms with E-state index in [4.69, 9.17) is 16.4 Å². The topological polar surface area (TPSA) is 53.9 Å². The Morgan fingerprint density at radius 2 is 2.04 bits per heavy atom. The van der Waals surface area contributed by atoms with Gasteiger partial charge in [-0.1, -0.05) is 47.1 Å². The summed E-state index contributed by atoms with van der Waals surface area (Å²) in [5, 5.41) is 7.54. The SMILES string of the molecule is CCNC(=O)N(Cc1ccccc1Cl)C[C@H]1CC(c2ccc(F)cc2)=NO1. The van der Waals surface area contributed by atoms with Gasteiger partial charge in [-0.2, -0.15) is 0 Å². The van der Waals surface area contributed by atoms with Crippen molar-refractivity contribution in [2.24, 2.45) is 5.16 Å². The third kappa shape index (κ3) is 4.98. The van der Waals surface area contributed by atoms with Crippen LogP contribution in [-0.2, 0) is 11.4 Å². The van der Waals surface area contributed by atoms with Crippen LogP contribution in [0.15, 0.2) is 53.7 Å². The first-order valence-electron chi connectivity index (χ1n) is 8.81. The maximum absolute atomic E-state index is 13.1. The molecule has 1 N–H and O–H groups in total. The van der Waals surface area contributed by atoms with E-state index in [0.29, 0.717) is 31.1 Å². The molecule has 1 atom stereocenters. The number of hydrogen-bond acceptors (Lipinski definition) is 3. The number of nitrogens with zero attached hydrogens (tertiary/aromatic N) is 2. The zero-order valence-corrected chi connectivity index (χ0v) is 15.7. The van der Waals surface area contributed by atoms with Gasteiger partial charge >= 0.3 is 6.03 Å². The smallest absolute Gasteiger partial charge is 0.317 e. The second kappa shape index (κ2) is 8.86. The lowest BCUT2D eigenvalue weighted by Crippen LogP contribution is -2.43. The molecular weight excluding hydrogens is 369 g/mol. The highest BCUT2D eigenvalue weighted by Crippen LogP contribution is 2.21. The number of benzene rings is 2. The molecule has 0 aliphatic carbocycles. The van der Waals surface area contributed by atoms with E-state index in [2.05, 4.69) is 10.5 Å². The van der Waals surface area contributed by atoms with Crippen molar-refractivity contribution in [2.75, 3.05) is 13.1 Å². The highest BCUT2D eigenvalue weighted by Gasteiger charge is 2.27. The number of carbonyl (C=O) groups is 1. The number of hydrogen-bond donors (Lipinski definition) is 1. The average Bonchev–Trinajstić information content (AvgIpc) is 3.12. The lowest BCUT2D eigenvalue weighted by molar-refractivity contribution is 0.0590. The van der Waals surface area contributed by atoms with Crippen LogP contribution < -0.4 is 5.32 Å². The van der Waals surface area contributed by atoms with Crippen molar-refractivity contribution >= 4 is 23.3 Å². The van der Waals surface area contributed by atoms with Gasteiger partial charge in [0.25, 0.3) is 0 Å². The summed E-state index contributed by atoms with van der Waals surface area (Å²) in [7, 11) is 0. The largest absolute Gasteiger partial charge is 0.390 e. The Balaban J connectivity index is 1.67. The maximum atomic E-state index is 13.1. The highest BCUT2D eigenvalue weighted by molar-refractivity contribution is 6.31. The Labute approximate surface area is 162 Å². The van der Waals surface area contributed by atoms with Crippen LogP contribution >= 0.6 is 11.6 Å². The van der Waals surface area contributed by atoms with Gasteiger partial charge in [0.15, 0.2) is 6.10 Å². The molecule has 0 radical (unpaired) electrons. The van der Waals surface area contributed by atoms with Gasteiger partial charge in [0, 0.05) is 24.5 Å². The summed E-state index contributed by atoms with van der Waals surface area (Å²) in [5.41, 5.74) is 2.42. The average molecular weight is 390 g/mol. The van der Waals surface area contributed by atoms with E-state index in [-0.39, 0.29) is 18.0 Å². The van der Waals surface area contributed by atoms with E-state index in [1.165, 1.54) is 12.1 Å². The van der Waals surface area contributed by atoms with E-state index >= 15 is 0 Å². The predicted octanol–water partition coefficient (Wildman–Crippen LogP) is 4.20. The third-order valence-electron chi connectivity index (χ3n) is 4.27. The first-order chi connectivity index (χ1) is 13.1. The molecule has 142 valence electrons. The van der Waals surface area contributed by atoms with Crippen molar-refractivity contribution < 1.29 is 14.0 Å². The fraction of sp³-hybridized carbons (Fsp3) is 0.300. The summed E-state index contributed by atoms with van der Waals surface area (Å²) in [6.45, 7) is 3.14. The van der Waals surface area contributed by atoms with Gasteiger partial charge in [-0.15, -0.1) is 0 Å². The Kier molecular flexibility index (Phi) is 6.29. The lowest BCUT2D eigenvalue weighted by atomic mass is 10.0. The molecule has 2 amide bonds. The molecule has 27 heavy (non-hydrogen) atoms. The molecule has 0 aromatic heterocycles. The number of halogens is 2. The normalized spacial score (nSPS) is 15.8. The summed E-state index contributed by atoms with van der Waals surface area (Å²) in [4.78, 5) is 19.7. The van der Waals surface area contributed by atoms with Gasteiger partial charge in [-0.3, -0.25) is 0 Å². The summed E-state index contributed by atoms with van der Waals surface area (Å²) in [6.07, 6.45) is 0.277. The minimum absolute atomic E-state index is 0.184. The van der Waals surface area contributed by atoms with Crippen molar-refractivity contribution in [3.8, 4) is 0 Å². The Morgan fingerprint density at radius 1 is 1.30 bits per heavy atom. The maximum Gasteiger partial charge on any atom is 0.317 e. The molecular formula is C20H21ClFN3O2. The molecule has 3 rings (SSSR count). The van der Waals surface area contributed by atoms with Crippen molar-refractivity contribution in [1.29, 1.82) is 0 Å². The fourth-order valence-corrected chi connectivity index (χ4v) is 3.09. The molecule has 0 unspecified atom stereocenters. The molecule has 0 saturated carbocycles. The Morgan fingerprint density at radius 3 is 2.74 bits per heavy atom. The quantitative estimate of drug-likeness (QED) is 0.804. The van der Waals surface area contributed by atoms with Gasteiger partial charge in [0.2, 0.25) is 0 Å². The van der Waals surface area contributed by atoms with Crippen LogP contribution in [0.25, 0.3) is 0 Å². The number of amides is 2. The third-order valence-corrected chi connectivity index (χ3v) is 4.64. The highest BCUT2D eigenvalue weighted by atomic mass is 35.5. The minimum Gasteiger partial charge on any atom is -0.390 e. The molecule has 0 bridgehead atoms. The molecule has 1 heterocycles. The monoisotopic (exact) mass is 389 g/mol. The van der Waals surface area contributed by atoms with Gasteiger partial charge < -0.3 is 15.1 Å². The summed E-state index contributed by atoms with van der Waals surface area (Å²) in [5.74, 6) is -0.294. The number of urea groups is 1. The van der Waals surface area contributed by atoms with Gasteiger partial charge in [0.1, 0.15) is 5.82 Å². The lowest BCUT2D eigenvalue weighted by Gasteiger charge is -2.25. The second-order valence-corrected chi connectivity index (χ2v) is 6.69. The second-order valence-electron chi connectivity index (χ2n) is 6.28. The Hall–Kier alpha value is -2.60. The number of rotatable bonds is 6. The van der Waals surface area contributed by atoms with Crippen LogP contribution in [0.5, 0.6) is 0 Å². The van der Waals surface area contributed by atoms with Gasteiger partial charge in [0.05, 0.1) is 12.3 Å². The van der Waals surface area contributed by atoms with Crippen LogP contribution in [0.4, 0.5) is 9.18 Å². The zero-order valence-electron chi connectivity index (χ0n) is 15.0. The summed E-state index contributed by atoms with van der Waals surface area (Å²) >= 11 is 6.24. The van der Waals surface area contributed by atoms with E-state index in [1.807, 2.05) is 25.1 Å². The standard InChI is InChI=1S/C20H21ClFN3O2/c1-2-23-20(26)25(12-15-5-3-4-6-18(15)21)13-17-11-19(24-27-17)14-7-9-16(22)10-8-14/h3-10,17H,2,11-13H2,1H3,(H,23,26)/t17-/m1/s1.